The molecule has 1 aromatic rings. The Morgan fingerprint density at radius 3 is 2.87 bits per heavy atom. The summed E-state index contributed by atoms with van der Waals surface area (Å²) in [6.07, 6.45) is 1.17. The molecule has 2 nitrogen and oxygen atoms in total. The molecule has 0 amide bonds. The van der Waals surface area contributed by atoms with Crippen LogP contribution in [0.2, 0.25) is 0 Å². The van der Waals surface area contributed by atoms with Crippen molar-refractivity contribution >= 4 is 0 Å². The standard InChI is InChI=1S/C13H8N2/c14-5-7-1-2-8-9(3-7)10-4-11-12(8)13(10,11)6-15/h1-3,10-12H,4H2/t10-,11+,12+,13+/m0/s1. The van der Waals surface area contributed by atoms with Crippen LogP contribution in [-0.4, -0.2) is 0 Å². The Kier molecular flexibility index (Phi) is 0.960. The van der Waals surface area contributed by atoms with Crippen LogP contribution in [0.4, 0.5) is 0 Å². The Balaban J connectivity index is 1.95. The van der Waals surface area contributed by atoms with E-state index in [0.29, 0.717) is 17.8 Å². The fraction of sp³-hybridized carbons (Fsp3) is 0.385. The SMILES string of the molecule is N#Cc1ccc2c(c1)[C@@H]1C[C@@H]3[C@@H]2[C@@]31C#N. The maximum atomic E-state index is 9.25. The predicted molar refractivity (Wildman–Crippen MR) is 52.8 cm³/mol. The summed E-state index contributed by atoms with van der Waals surface area (Å²) in [4.78, 5) is 0. The minimum Gasteiger partial charge on any atom is -0.198 e. The Morgan fingerprint density at radius 2 is 2.13 bits per heavy atom. The highest BCUT2D eigenvalue weighted by atomic mass is 14.8. The highest BCUT2D eigenvalue weighted by Gasteiger charge is 2.81. The Morgan fingerprint density at radius 1 is 1.27 bits per heavy atom. The van der Waals surface area contributed by atoms with Crippen molar-refractivity contribution in [3.63, 3.8) is 0 Å². The van der Waals surface area contributed by atoms with Crippen molar-refractivity contribution in [3.05, 3.63) is 34.9 Å². The average molecular weight is 192 g/mol. The lowest BCUT2D eigenvalue weighted by atomic mass is 9.70. The van der Waals surface area contributed by atoms with E-state index in [1.165, 1.54) is 17.5 Å². The molecule has 0 spiro atoms. The van der Waals surface area contributed by atoms with Crippen LogP contribution >= 0.6 is 0 Å². The highest BCUT2D eigenvalue weighted by molar-refractivity contribution is 5.61. The van der Waals surface area contributed by atoms with Crippen molar-refractivity contribution in [1.29, 1.82) is 10.5 Å². The van der Waals surface area contributed by atoms with E-state index < -0.39 is 0 Å². The number of nitrogens with zero attached hydrogens (tertiary/aromatic N) is 2. The molecular formula is C13H8N2. The van der Waals surface area contributed by atoms with E-state index in [-0.39, 0.29) is 5.41 Å². The van der Waals surface area contributed by atoms with Gasteiger partial charge in [-0.1, -0.05) is 6.07 Å². The van der Waals surface area contributed by atoms with Crippen molar-refractivity contribution in [2.24, 2.45) is 11.3 Å². The zero-order valence-corrected chi connectivity index (χ0v) is 8.07. The summed E-state index contributed by atoms with van der Waals surface area (Å²) >= 11 is 0. The Hall–Kier alpha value is -1.80. The molecule has 15 heavy (non-hydrogen) atoms. The zero-order chi connectivity index (χ0) is 10.2. The van der Waals surface area contributed by atoms with Gasteiger partial charge in [0.15, 0.2) is 0 Å². The second kappa shape index (κ2) is 1.92. The van der Waals surface area contributed by atoms with Crippen molar-refractivity contribution in [2.75, 3.05) is 0 Å². The van der Waals surface area contributed by atoms with Crippen molar-refractivity contribution in [3.8, 4) is 12.1 Å². The van der Waals surface area contributed by atoms with Gasteiger partial charge in [-0.25, -0.2) is 0 Å². The summed E-state index contributed by atoms with van der Waals surface area (Å²) in [6, 6.07) is 10.6. The number of benzene rings is 1. The summed E-state index contributed by atoms with van der Waals surface area (Å²) in [6.45, 7) is 0. The highest BCUT2D eigenvalue weighted by Crippen LogP contribution is 2.86. The van der Waals surface area contributed by atoms with Crippen LogP contribution in [0, 0.1) is 34.0 Å². The number of rotatable bonds is 0. The lowest BCUT2D eigenvalue weighted by Crippen LogP contribution is -2.24. The molecule has 0 radical (unpaired) electrons. The lowest BCUT2D eigenvalue weighted by molar-refractivity contribution is 0.311. The Bertz CT molecular complexity index is 575. The van der Waals surface area contributed by atoms with Crippen LogP contribution < -0.4 is 0 Å². The van der Waals surface area contributed by atoms with Crippen LogP contribution in [0.5, 0.6) is 0 Å². The number of hydrogen-bond acceptors (Lipinski definition) is 2. The molecule has 4 rings (SSSR count). The van der Waals surface area contributed by atoms with E-state index in [9.17, 15) is 5.26 Å². The number of nitriles is 2. The van der Waals surface area contributed by atoms with Crippen LogP contribution in [0.3, 0.4) is 0 Å². The van der Waals surface area contributed by atoms with Gasteiger partial charge in [0.25, 0.3) is 0 Å². The van der Waals surface area contributed by atoms with Crippen molar-refractivity contribution in [1.82, 2.24) is 0 Å². The molecule has 0 aliphatic heterocycles. The molecule has 0 unspecified atom stereocenters. The molecule has 0 N–H and O–H groups in total. The third kappa shape index (κ3) is 0.546. The molecule has 0 heterocycles. The van der Waals surface area contributed by atoms with E-state index in [4.69, 9.17) is 5.26 Å². The monoisotopic (exact) mass is 192 g/mol. The van der Waals surface area contributed by atoms with E-state index in [0.717, 1.165) is 5.56 Å². The molecule has 4 atom stereocenters. The third-order valence-corrected chi connectivity index (χ3v) is 4.61. The first-order valence-corrected chi connectivity index (χ1v) is 5.28. The molecule has 3 aliphatic rings. The third-order valence-electron chi connectivity index (χ3n) is 4.61. The van der Waals surface area contributed by atoms with Gasteiger partial charge in [-0.2, -0.15) is 10.5 Å². The second-order valence-electron chi connectivity index (χ2n) is 4.87. The first-order valence-electron chi connectivity index (χ1n) is 5.28. The van der Waals surface area contributed by atoms with Gasteiger partial charge in [-0.15, -0.1) is 0 Å². The largest absolute Gasteiger partial charge is 0.198 e. The fourth-order valence-electron chi connectivity index (χ4n) is 3.89. The first kappa shape index (κ1) is 7.49. The first-order chi connectivity index (χ1) is 7.32. The fourth-order valence-corrected chi connectivity index (χ4v) is 3.89. The molecule has 0 aromatic heterocycles. The summed E-state index contributed by atoms with van der Waals surface area (Å²) in [5.41, 5.74) is 3.31. The van der Waals surface area contributed by atoms with Gasteiger partial charge in [-0.3, -0.25) is 0 Å². The van der Waals surface area contributed by atoms with Crippen LogP contribution in [0.15, 0.2) is 18.2 Å². The summed E-state index contributed by atoms with van der Waals surface area (Å²) in [5.74, 6) is 1.56. The molecule has 0 bridgehead atoms. The maximum Gasteiger partial charge on any atom is 0.0991 e. The summed E-state index contributed by atoms with van der Waals surface area (Å²) in [7, 11) is 0. The minimum absolute atomic E-state index is 0.0452. The molecule has 3 aliphatic carbocycles. The van der Waals surface area contributed by atoms with E-state index >= 15 is 0 Å². The summed E-state index contributed by atoms with van der Waals surface area (Å²) < 4.78 is 0. The smallest absolute Gasteiger partial charge is 0.0991 e. The van der Waals surface area contributed by atoms with Gasteiger partial charge in [0.05, 0.1) is 23.1 Å². The zero-order valence-electron chi connectivity index (χ0n) is 8.07. The van der Waals surface area contributed by atoms with Gasteiger partial charge in [-0.05, 0) is 35.6 Å². The quantitative estimate of drug-likeness (QED) is 0.633. The van der Waals surface area contributed by atoms with Crippen LogP contribution in [-0.2, 0) is 0 Å². The molecule has 0 saturated heterocycles. The van der Waals surface area contributed by atoms with Crippen molar-refractivity contribution < 1.29 is 0 Å². The van der Waals surface area contributed by atoms with Gasteiger partial charge in [0.2, 0.25) is 0 Å². The molecular weight excluding hydrogens is 184 g/mol. The molecule has 70 valence electrons. The van der Waals surface area contributed by atoms with Crippen LogP contribution in [0.25, 0.3) is 0 Å². The number of hydrogen-bond donors (Lipinski definition) is 0. The number of fused-ring (bicyclic) bond motifs is 4. The van der Waals surface area contributed by atoms with Gasteiger partial charge < -0.3 is 0 Å². The van der Waals surface area contributed by atoms with E-state index in [2.05, 4.69) is 18.2 Å². The summed E-state index contributed by atoms with van der Waals surface area (Å²) in [5, 5.41) is 18.1. The topological polar surface area (TPSA) is 47.6 Å². The van der Waals surface area contributed by atoms with E-state index in [1.54, 1.807) is 0 Å². The van der Waals surface area contributed by atoms with Crippen LogP contribution in [0.1, 0.15) is 34.9 Å². The van der Waals surface area contributed by atoms with Gasteiger partial charge >= 0.3 is 0 Å². The average Bonchev–Trinajstić information content (AvgIpc) is 2.70. The van der Waals surface area contributed by atoms with E-state index in [1.807, 2.05) is 12.1 Å². The molecule has 1 aromatic carbocycles. The molecule has 2 heteroatoms. The normalized spacial score (nSPS) is 41.9. The van der Waals surface area contributed by atoms with Gasteiger partial charge in [0, 0.05) is 11.8 Å². The van der Waals surface area contributed by atoms with Gasteiger partial charge in [0.1, 0.15) is 0 Å². The lowest BCUT2D eigenvalue weighted by Gasteiger charge is -2.31. The molecule has 2 saturated carbocycles. The Labute approximate surface area is 87.8 Å². The minimum atomic E-state index is -0.0452. The maximum absolute atomic E-state index is 9.25. The second-order valence-corrected chi connectivity index (χ2v) is 4.87. The van der Waals surface area contributed by atoms with Crippen molar-refractivity contribution in [2.45, 2.75) is 18.3 Å². The predicted octanol–water partition coefficient (Wildman–Crippen LogP) is 2.28. The molecule has 2 fully saturated rings.